The lowest BCUT2D eigenvalue weighted by Crippen LogP contribution is -2.26. The molecule has 1 aromatic carbocycles. The Morgan fingerprint density at radius 3 is 2.60 bits per heavy atom. The van der Waals surface area contributed by atoms with E-state index in [1.807, 2.05) is 25.2 Å². The van der Waals surface area contributed by atoms with Crippen molar-refractivity contribution >= 4 is 5.97 Å². The first kappa shape index (κ1) is 16.5. The van der Waals surface area contributed by atoms with Gasteiger partial charge in [-0.15, -0.1) is 0 Å². The summed E-state index contributed by atoms with van der Waals surface area (Å²) in [5.41, 5.74) is 0.501. The largest absolute Gasteiger partial charge is 0.496 e. The van der Waals surface area contributed by atoms with Gasteiger partial charge in [-0.25, -0.2) is 0 Å². The first-order valence-electron chi connectivity index (χ1n) is 6.90. The number of nitrogens with zero attached hydrogens (tertiary/aromatic N) is 1. The molecule has 0 atom stereocenters. The van der Waals surface area contributed by atoms with Gasteiger partial charge in [-0.3, -0.25) is 4.79 Å². The van der Waals surface area contributed by atoms with Gasteiger partial charge in [0.05, 0.1) is 12.5 Å². The average Bonchev–Trinajstić information content (AvgIpc) is 2.39. The van der Waals surface area contributed by atoms with Crippen LogP contribution in [0.5, 0.6) is 5.75 Å². The van der Waals surface area contributed by atoms with Crippen LogP contribution >= 0.6 is 0 Å². The second kappa shape index (κ2) is 7.29. The van der Waals surface area contributed by atoms with Crippen molar-refractivity contribution in [1.82, 2.24) is 4.90 Å². The molecule has 0 aliphatic carbocycles. The van der Waals surface area contributed by atoms with E-state index in [4.69, 9.17) is 9.84 Å². The van der Waals surface area contributed by atoms with Gasteiger partial charge in [-0.05, 0) is 46.3 Å². The highest BCUT2D eigenvalue weighted by Gasteiger charge is 2.26. The van der Waals surface area contributed by atoms with Gasteiger partial charge < -0.3 is 14.7 Å². The van der Waals surface area contributed by atoms with Crippen LogP contribution in [0, 0.1) is 5.41 Å². The number of methoxy groups -OCH3 is 1. The number of aliphatic carboxylic acids is 1. The predicted octanol–water partition coefficient (Wildman–Crippen LogP) is 3.02. The van der Waals surface area contributed by atoms with Crippen LogP contribution in [0.3, 0.4) is 0 Å². The number of carboxylic acids is 1. The number of carboxylic acid groups (broad SMARTS) is 1. The highest BCUT2D eigenvalue weighted by atomic mass is 16.5. The van der Waals surface area contributed by atoms with Gasteiger partial charge >= 0.3 is 5.97 Å². The Labute approximate surface area is 121 Å². The number of hydrogen-bond donors (Lipinski definition) is 1. The predicted molar refractivity (Wildman–Crippen MR) is 80.0 cm³/mol. The number of benzene rings is 1. The van der Waals surface area contributed by atoms with Crippen molar-refractivity contribution in [3.8, 4) is 5.75 Å². The minimum absolute atomic E-state index is 0.648. The Hall–Kier alpha value is -1.55. The molecular formula is C16H25NO3. The van der Waals surface area contributed by atoms with E-state index in [1.165, 1.54) is 0 Å². The van der Waals surface area contributed by atoms with E-state index in [-0.39, 0.29) is 0 Å². The maximum absolute atomic E-state index is 11.0. The Kier molecular flexibility index (Phi) is 6.02. The summed E-state index contributed by atoms with van der Waals surface area (Å²) >= 11 is 0. The van der Waals surface area contributed by atoms with Crippen LogP contribution in [-0.2, 0) is 11.3 Å². The maximum atomic E-state index is 11.0. The summed E-state index contributed by atoms with van der Waals surface area (Å²) in [6.07, 6.45) is 1.55. The Balaban J connectivity index is 2.44. The Morgan fingerprint density at radius 1 is 1.35 bits per heavy atom. The normalized spacial score (nSPS) is 11.7. The summed E-state index contributed by atoms with van der Waals surface area (Å²) < 4.78 is 5.33. The monoisotopic (exact) mass is 279 g/mol. The van der Waals surface area contributed by atoms with Crippen LogP contribution in [0.25, 0.3) is 0 Å². The molecule has 1 aromatic rings. The SMILES string of the molecule is COc1ccccc1CN(C)CCCC(C)(C)C(=O)O. The molecule has 0 aromatic heterocycles. The average molecular weight is 279 g/mol. The quantitative estimate of drug-likeness (QED) is 0.794. The lowest BCUT2D eigenvalue weighted by Gasteiger charge is -2.22. The third kappa shape index (κ3) is 4.85. The second-order valence-electron chi connectivity index (χ2n) is 5.84. The summed E-state index contributed by atoms with van der Waals surface area (Å²) in [6.45, 7) is 5.22. The number of para-hydroxylation sites is 1. The standard InChI is InChI=1S/C16H25NO3/c1-16(2,15(18)19)10-7-11-17(3)12-13-8-5-6-9-14(13)20-4/h5-6,8-9H,7,10-12H2,1-4H3,(H,18,19). The van der Waals surface area contributed by atoms with E-state index in [0.29, 0.717) is 6.42 Å². The Morgan fingerprint density at radius 2 is 2.00 bits per heavy atom. The molecule has 4 nitrogen and oxygen atoms in total. The molecule has 20 heavy (non-hydrogen) atoms. The van der Waals surface area contributed by atoms with Gasteiger partial charge in [0.1, 0.15) is 5.75 Å². The van der Waals surface area contributed by atoms with Crippen LogP contribution in [0.15, 0.2) is 24.3 Å². The number of rotatable bonds is 8. The zero-order valence-corrected chi connectivity index (χ0v) is 12.8. The summed E-state index contributed by atoms with van der Waals surface area (Å²) in [5, 5.41) is 9.08. The van der Waals surface area contributed by atoms with Gasteiger partial charge in [0, 0.05) is 12.1 Å². The summed E-state index contributed by atoms with van der Waals surface area (Å²) in [5.74, 6) is 0.162. The van der Waals surface area contributed by atoms with Gasteiger partial charge in [0.2, 0.25) is 0 Å². The van der Waals surface area contributed by atoms with E-state index >= 15 is 0 Å². The second-order valence-corrected chi connectivity index (χ2v) is 5.84. The molecule has 0 spiro atoms. The molecule has 0 heterocycles. The summed E-state index contributed by atoms with van der Waals surface area (Å²) in [7, 11) is 3.72. The van der Waals surface area contributed by atoms with E-state index in [0.717, 1.165) is 30.8 Å². The number of ether oxygens (including phenoxy) is 1. The molecule has 0 amide bonds. The van der Waals surface area contributed by atoms with Crippen LogP contribution in [0.4, 0.5) is 0 Å². The fourth-order valence-corrected chi connectivity index (χ4v) is 2.10. The molecule has 0 saturated carbocycles. The number of hydrogen-bond acceptors (Lipinski definition) is 3. The molecule has 1 N–H and O–H groups in total. The van der Waals surface area contributed by atoms with E-state index in [2.05, 4.69) is 11.0 Å². The lowest BCUT2D eigenvalue weighted by atomic mass is 9.88. The minimum Gasteiger partial charge on any atom is -0.496 e. The zero-order chi connectivity index (χ0) is 15.2. The van der Waals surface area contributed by atoms with Crippen molar-refractivity contribution in [2.75, 3.05) is 20.7 Å². The first-order valence-corrected chi connectivity index (χ1v) is 6.90. The van der Waals surface area contributed by atoms with Crippen LogP contribution < -0.4 is 4.74 Å². The van der Waals surface area contributed by atoms with Crippen LogP contribution in [-0.4, -0.2) is 36.7 Å². The van der Waals surface area contributed by atoms with Crippen LogP contribution in [0.1, 0.15) is 32.3 Å². The fraction of sp³-hybridized carbons (Fsp3) is 0.562. The van der Waals surface area contributed by atoms with Crippen molar-refractivity contribution in [1.29, 1.82) is 0 Å². The molecule has 0 unspecified atom stereocenters. The topological polar surface area (TPSA) is 49.8 Å². The zero-order valence-electron chi connectivity index (χ0n) is 12.8. The Bertz CT molecular complexity index is 443. The highest BCUT2D eigenvalue weighted by Crippen LogP contribution is 2.23. The molecule has 0 aliphatic rings. The molecule has 112 valence electrons. The molecule has 0 radical (unpaired) electrons. The smallest absolute Gasteiger partial charge is 0.309 e. The minimum atomic E-state index is -0.732. The van der Waals surface area contributed by atoms with Gasteiger partial charge in [-0.2, -0.15) is 0 Å². The molecule has 0 bridgehead atoms. The number of carbonyl (C=O) groups is 1. The van der Waals surface area contributed by atoms with Gasteiger partial charge in [0.25, 0.3) is 0 Å². The van der Waals surface area contributed by atoms with Crippen molar-refractivity contribution < 1.29 is 14.6 Å². The summed E-state index contributed by atoms with van der Waals surface area (Å²) in [4.78, 5) is 13.2. The summed E-state index contributed by atoms with van der Waals surface area (Å²) in [6, 6.07) is 7.96. The first-order chi connectivity index (χ1) is 9.36. The molecule has 1 rings (SSSR count). The fourth-order valence-electron chi connectivity index (χ4n) is 2.10. The van der Waals surface area contributed by atoms with Crippen molar-refractivity contribution in [2.45, 2.75) is 33.2 Å². The lowest BCUT2D eigenvalue weighted by molar-refractivity contribution is -0.147. The van der Waals surface area contributed by atoms with E-state index < -0.39 is 11.4 Å². The maximum Gasteiger partial charge on any atom is 0.309 e. The molecule has 4 heteroatoms. The highest BCUT2D eigenvalue weighted by molar-refractivity contribution is 5.73. The van der Waals surface area contributed by atoms with Crippen molar-refractivity contribution in [2.24, 2.45) is 5.41 Å². The van der Waals surface area contributed by atoms with E-state index in [9.17, 15) is 4.79 Å². The van der Waals surface area contributed by atoms with Gasteiger partial charge in [-0.1, -0.05) is 18.2 Å². The van der Waals surface area contributed by atoms with Crippen molar-refractivity contribution in [3.05, 3.63) is 29.8 Å². The third-order valence-corrected chi connectivity index (χ3v) is 3.55. The molecule has 0 aliphatic heterocycles. The molecular weight excluding hydrogens is 254 g/mol. The third-order valence-electron chi connectivity index (χ3n) is 3.55. The van der Waals surface area contributed by atoms with E-state index in [1.54, 1.807) is 21.0 Å². The van der Waals surface area contributed by atoms with Crippen LogP contribution in [0.2, 0.25) is 0 Å². The van der Waals surface area contributed by atoms with Gasteiger partial charge in [0.15, 0.2) is 0 Å². The molecule has 0 fully saturated rings. The van der Waals surface area contributed by atoms with Crippen molar-refractivity contribution in [3.63, 3.8) is 0 Å². The molecule has 0 saturated heterocycles.